The predicted molar refractivity (Wildman–Crippen MR) is 132 cm³/mol. The summed E-state index contributed by atoms with van der Waals surface area (Å²) in [5, 5.41) is 1.02. The van der Waals surface area contributed by atoms with Gasteiger partial charge < -0.3 is 14.5 Å². The number of rotatable bonds is 4. The van der Waals surface area contributed by atoms with Gasteiger partial charge in [-0.3, -0.25) is 0 Å². The molecule has 2 aromatic heterocycles. The van der Waals surface area contributed by atoms with E-state index in [0.717, 1.165) is 44.7 Å². The van der Waals surface area contributed by atoms with Gasteiger partial charge in [0.25, 0.3) is 0 Å². The first-order valence-electron chi connectivity index (χ1n) is 10.7. The molecule has 6 rings (SSSR count). The fraction of sp³-hybridized carbons (Fsp3) is 0. The molecule has 33 heavy (non-hydrogen) atoms. The Hall–Kier alpha value is -3.72. The molecule has 6 aromatic rings. The molecule has 0 fully saturated rings. The smallest absolute Gasteiger partial charge is 0.0371 e. The normalized spacial score (nSPS) is 10.8. The van der Waals surface area contributed by atoms with E-state index in [1.807, 2.05) is 30.5 Å². The Kier molecular flexibility index (Phi) is 5.78. The van der Waals surface area contributed by atoms with Crippen LogP contribution in [0.4, 0.5) is 17.1 Å². The Morgan fingerprint density at radius 1 is 0.636 bits per heavy atom. The summed E-state index contributed by atoms with van der Waals surface area (Å²) in [6.07, 6.45) is 1.85. The van der Waals surface area contributed by atoms with E-state index in [1.165, 1.54) is 0 Å². The van der Waals surface area contributed by atoms with Gasteiger partial charge in [-0.2, -0.15) is 0 Å². The summed E-state index contributed by atoms with van der Waals surface area (Å²) in [6.45, 7) is 0. The van der Waals surface area contributed by atoms with E-state index in [9.17, 15) is 0 Å². The Bertz CT molecular complexity index is 1470. The van der Waals surface area contributed by atoms with Crippen LogP contribution >= 0.6 is 0 Å². The molecular weight excluding hydrogens is 583 g/mol. The molecular formula is C29H20IrN3-. The molecule has 0 bridgehead atoms. The van der Waals surface area contributed by atoms with Crippen LogP contribution in [-0.2, 0) is 20.1 Å². The van der Waals surface area contributed by atoms with Crippen molar-refractivity contribution in [1.82, 2.24) is 9.55 Å². The molecule has 4 heteroatoms. The van der Waals surface area contributed by atoms with E-state index in [4.69, 9.17) is 0 Å². The monoisotopic (exact) mass is 603 g/mol. The molecule has 0 amide bonds. The number of para-hydroxylation sites is 3. The molecule has 3 nitrogen and oxygen atoms in total. The first-order valence-corrected chi connectivity index (χ1v) is 10.7. The van der Waals surface area contributed by atoms with Crippen molar-refractivity contribution in [2.75, 3.05) is 4.90 Å². The van der Waals surface area contributed by atoms with Gasteiger partial charge in [0.15, 0.2) is 0 Å². The number of hydrogen-bond donors (Lipinski definition) is 0. The number of nitrogens with zero attached hydrogens (tertiary/aromatic N) is 3. The van der Waals surface area contributed by atoms with E-state index in [-0.39, 0.29) is 20.1 Å². The second kappa shape index (κ2) is 9.03. The molecule has 1 radical (unpaired) electrons. The van der Waals surface area contributed by atoms with Gasteiger partial charge in [-0.25, -0.2) is 0 Å². The van der Waals surface area contributed by atoms with E-state index in [0.29, 0.717) is 0 Å². The number of fused-ring (bicyclic) bond motifs is 3. The van der Waals surface area contributed by atoms with Crippen LogP contribution in [0.2, 0.25) is 0 Å². The zero-order valence-corrected chi connectivity index (χ0v) is 20.1. The quantitative estimate of drug-likeness (QED) is 0.196. The van der Waals surface area contributed by atoms with Gasteiger partial charge in [0.05, 0.1) is 0 Å². The number of benzene rings is 4. The second-order valence-corrected chi connectivity index (χ2v) is 7.67. The molecule has 0 saturated heterocycles. The maximum atomic E-state index is 4.68. The Labute approximate surface area is 206 Å². The van der Waals surface area contributed by atoms with Crippen molar-refractivity contribution in [1.29, 1.82) is 0 Å². The minimum atomic E-state index is 0. The first kappa shape index (κ1) is 21.1. The van der Waals surface area contributed by atoms with Crippen LogP contribution in [0.15, 0.2) is 121 Å². The number of hydrogen-bond acceptors (Lipinski definition) is 2. The molecule has 0 aliphatic heterocycles. The van der Waals surface area contributed by atoms with Gasteiger partial charge in [0, 0.05) is 54.4 Å². The number of anilines is 3. The molecule has 0 N–H and O–H groups in total. The fourth-order valence-electron chi connectivity index (χ4n) is 4.33. The summed E-state index contributed by atoms with van der Waals surface area (Å²) in [6, 6.07) is 43.3. The van der Waals surface area contributed by atoms with Crippen molar-refractivity contribution in [3.05, 3.63) is 128 Å². The maximum Gasteiger partial charge on any atom is 0.0371 e. The average molecular weight is 603 g/mol. The van der Waals surface area contributed by atoms with Gasteiger partial charge in [-0.1, -0.05) is 66.0 Å². The summed E-state index contributed by atoms with van der Waals surface area (Å²) >= 11 is 0. The standard InChI is InChI=1S/C29H20N3.Ir/c1-4-11-22(12-5-1)31(23-13-6-2-7-14-23)25-18-19-26-28(21-25)32(24-15-8-3-9-16-24)27-17-10-20-30-29(26)27;/h1-18,20-21H;/q-1;. The van der Waals surface area contributed by atoms with Crippen molar-refractivity contribution >= 4 is 39.0 Å². The SMILES string of the molecule is [Ir].[c-]1cc(N(c2ccccc2)c2ccccc2)cc2c1c1ncccc1n2-c1ccccc1. The molecule has 0 aliphatic carbocycles. The van der Waals surface area contributed by atoms with E-state index in [2.05, 4.69) is 112 Å². The topological polar surface area (TPSA) is 21.1 Å². The molecule has 2 heterocycles. The summed E-state index contributed by atoms with van der Waals surface area (Å²) in [5.74, 6) is 0. The van der Waals surface area contributed by atoms with E-state index < -0.39 is 0 Å². The molecule has 0 spiro atoms. The minimum Gasteiger partial charge on any atom is -0.358 e. The molecule has 161 valence electrons. The summed E-state index contributed by atoms with van der Waals surface area (Å²) < 4.78 is 2.27. The van der Waals surface area contributed by atoms with E-state index >= 15 is 0 Å². The fourth-order valence-corrected chi connectivity index (χ4v) is 4.33. The third-order valence-electron chi connectivity index (χ3n) is 5.71. The van der Waals surface area contributed by atoms with Crippen molar-refractivity contribution in [2.45, 2.75) is 0 Å². The van der Waals surface area contributed by atoms with Crippen molar-refractivity contribution in [3.63, 3.8) is 0 Å². The van der Waals surface area contributed by atoms with Crippen molar-refractivity contribution < 1.29 is 20.1 Å². The van der Waals surface area contributed by atoms with Crippen LogP contribution in [0.5, 0.6) is 0 Å². The molecule has 0 aliphatic rings. The van der Waals surface area contributed by atoms with Gasteiger partial charge in [-0.05, 0) is 59.7 Å². The third-order valence-corrected chi connectivity index (χ3v) is 5.71. The summed E-state index contributed by atoms with van der Waals surface area (Å²) in [5.41, 5.74) is 7.49. The molecule has 4 aromatic carbocycles. The van der Waals surface area contributed by atoms with Gasteiger partial charge in [0.1, 0.15) is 0 Å². The zero-order chi connectivity index (χ0) is 21.3. The van der Waals surface area contributed by atoms with Crippen LogP contribution < -0.4 is 4.90 Å². The molecule has 0 unspecified atom stereocenters. The van der Waals surface area contributed by atoms with Crippen LogP contribution in [0.25, 0.3) is 27.6 Å². The second-order valence-electron chi connectivity index (χ2n) is 7.67. The Morgan fingerprint density at radius 2 is 1.24 bits per heavy atom. The first-order chi connectivity index (χ1) is 15.9. The predicted octanol–water partition coefficient (Wildman–Crippen LogP) is 7.45. The largest absolute Gasteiger partial charge is 0.358 e. The van der Waals surface area contributed by atoms with E-state index in [1.54, 1.807) is 0 Å². The Balaban J connectivity index is 0.00000228. The third kappa shape index (κ3) is 3.74. The van der Waals surface area contributed by atoms with Gasteiger partial charge >= 0.3 is 0 Å². The summed E-state index contributed by atoms with van der Waals surface area (Å²) in [7, 11) is 0. The average Bonchev–Trinajstić information content (AvgIpc) is 3.20. The minimum absolute atomic E-state index is 0. The van der Waals surface area contributed by atoms with Crippen LogP contribution in [-0.4, -0.2) is 9.55 Å². The number of aromatic nitrogens is 2. The van der Waals surface area contributed by atoms with Crippen LogP contribution in [0, 0.1) is 6.07 Å². The summed E-state index contributed by atoms with van der Waals surface area (Å²) in [4.78, 5) is 6.94. The zero-order valence-electron chi connectivity index (χ0n) is 17.7. The van der Waals surface area contributed by atoms with Crippen LogP contribution in [0.1, 0.15) is 0 Å². The molecule has 0 atom stereocenters. The van der Waals surface area contributed by atoms with Gasteiger partial charge in [-0.15, -0.1) is 12.1 Å². The van der Waals surface area contributed by atoms with Crippen molar-refractivity contribution in [3.8, 4) is 5.69 Å². The Morgan fingerprint density at radius 3 is 1.88 bits per heavy atom. The molecule has 0 saturated carbocycles. The van der Waals surface area contributed by atoms with Crippen molar-refractivity contribution in [2.24, 2.45) is 0 Å². The number of pyridine rings is 1. The van der Waals surface area contributed by atoms with Gasteiger partial charge in [0.2, 0.25) is 0 Å². The maximum absolute atomic E-state index is 4.68. The van der Waals surface area contributed by atoms with Crippen LogP contribution in [0.3, 0.4) is 0 Å².